The summed E-state index contributed by atoms with van der Waals surface area (Å²) in [6.45, 7) is 5.10. The van der Waals surface area contributed by atoms with E-state index in [4.69, 9.17) is 0 Å². The van der Waals surface area contributed by atoms with Crippen molar-refractivity contribution in [2.24, 2.45) is 0 Å². The van der Waals surface area contributed by atoms with E-state index in [1.54, 1.807) is 6.20 Å². The third-order valence-electron chi connectivity index (χ3n) is 3.19. The summed E-state index contributed by atoms with van der Waals surface area (Å²) >= 11 is 0. The summed E-state index contributed by atoms with van der Waals surface area (Å²) in [6.07, 6.45) is 7.54. The first-order valence-electron chi connectivity index (χ1n) is 6.87. The summed E-state index contributed by atoms with van der Waals surface area (Å²) in [4.78, 5) is 4.37. The van der Waals surface area contributed by atoms with Crippen LogP contribution in [0.5, 0.6) is 0 Å². The lowest BCUT2D eigenvalue weighted by Gasteiger charge is -2.08. The molecular formula is C15H21N3O. The molecule has 2 aromatic heterocycles. The van der Waals surface area contributed by atoms with Crippen molar-refractivity contribution in [1.29, 1.82) is 0 Å². The molecule has 1 N–H and O–H groups in total. The lowest BCUT2D eigenvalue weighted by atomic mass is 10.1. The van der Waals surface area contributed by atoms with Crippen molar-refractivity contribution in [2.45, 2.75) is 45.8 Å². The molecule has 0 aromatic carbocycles. The molecule has 0 amide bonds. The van der Waals surface area contributed by atoms with Gasteiger partial charge < -0.3 is 5.11 Å². The molecule has 1 unspecified atom stereocenters. The first-order chi connectivity index (χ1) is 9.22. The number of aliphatic hydroxyl groups excluding tert-OH is 1. The third-order valence-corrected chi connectivity index (χ3v) is 3.19. The van der Waals surface area contributed by atoms with Gasteiger partial charge in [-0.3, -0.25) is 9.67 Å². The van der Waals surface area contributed by atoms with E-state index in [-0.39, 0.29) is 0 Å². The van der Waals surface area contributed by atoms with Crippen LogP contribution in [-0.4, -0.2) is 19.9 Å². The van der Waals surface area contributed by atoms with Crippen molar-refractivity contribution >= 4 is 0 Å². The Kier molecular flexibility index (Phi) is 4.68. The van der Waals surface area contributed by atoms with Crippen molar-refractivity contribution in [3.05, 3.63) is 47.5 Å². The van der Waals surface area contributed by atoms with Crippen molar-refractivity contribution in [3.63, 3.8) is 0 Å². The van der Waals surface area contributed by atoms with Crippen molar-refractivity contribution < 1.29 is 5.11 Å². The standard InChI is InChI=1S/C15H21N3O/c1-3-7-18-11-13(10-17-18)15(19)8-14-6-5-12(4-2)9-16-14/h5-6,9-11,15,19H,3-4,7-8H2,1-2H3. The van der Waals surface area contributed by atoms with Crippen LogP contribution in [0.3, 0.4) is 0 Å². The third kappa shape index (κ3) is 3.64. The number of aliphatic hydroxyl groups is 1. The van der Waals surface area contributed by atoms with E-state index < -0.39 is 6.10 Å². The van der Waals surface area contributed by atoms with Gasteiger partial charge in [-0.1, -0.05) is 19.9 Å². The zero-order valence-electron chi connectivity index (χ0n) is 11.6. The largest absolute Gasteiger partial charge is 0.388 e. The zero-order valence-corrected chi connectivity index (χ0v) is 11.6. The minimum atomic E-state index is -0.536. The lowest BCUT2D eigenvalue weighted by molar-refractivity contribution is 0.177. The quantitative estimate of drug-likeness (QED) is 0.867. The number of aromatic nitrogens is 3. The van der Waals surface area contributed by atoms with Crippen LogP contribution in [0.2, 0.25) is 0 Å². The van der Waals surface area contributed by atoms with Gasteiger partial charge in [0.1, 0.15) is 0 Å². The number of nitrogens with zero attached hydrogens (tertiary/aromatic N) is 3. The predicted molar refractivity (Wildman–Crippen MR) is 74.8 cm³/mol. The fraction of sp³-hybridized carbons (Fsp3) is 0.467. The van der Waals surface area contributed by atoms with Crippen LogP contribution in [-0.2, 0) is 19.4 Å². The van der Waals surface area contributed by atoms with Crippen LogP contribution in [0.1, 0.15) is 43.2 Å². The van der Waals surface area contributed by atoms with Crippen LogP contribution < -0.4 is 0 Å². The van der Waals surface area contributed by atoms with Crippen LogP contribution in [0, 0.1) is 0 Å². The van der Waals surface area contributed by atoms with Crippen LogP contribution in [0.4, 0.5) is 0 Å². The Balaban J connectivity index is 2.00. The topological polar surface area (TPSA) is 50.9 Å². The van der Waals surface area contributed by atoms with Gasteiger partial charge >= 0.3 is 0 Å². The second-order valence-corrected chi connectivity index (χ2v) is 4.77. The van der Waals surface area contributed by atoms with Crippen molar-refractivity contribution in [3.8, 4) is 0 Å². The van der Waals surface area contributed by atoms with Gasteiger partial charge in [-0.2, -0.15) is 5.10 Å². The highest BCUT2D eigenvalue weighted by Crippen LogP contribution is 2.17. The molecule has 2 aromatic rings. The van der Waals surface area contributed by atoms with Gasteiger partial charge in [0.2, 0.25) is 0 Å². The maximum atomic E-state index is 10.2. The molecule has 0 aliphatic heterocycles. The summed E-state index contributed by atoms with van der Waals surface area (Å²) < 4.78 is 1.87. The Morgan fingerprint density at radius 3 is 2.74 bits per heavy atom. The van der Waals surface area contributed by atoms with Crippen molar-refractivity contribution in [1.82, 2.24) is 14.8 Å². The summed E-state index contributed by atoms with van der Waals surface area (Å²) in [6, 6.07) is 4.05. The van der Waals surface area contributed by atoms with Gasteiger partial charge in [-0.05, 0) is 24.5 Å². The summed E-state index contributed by atoms with van der Waals surface area (Å²) in [5.74, 6) is 0. The van der Waals surface area contributed by atoms with Crippen LogP contribution in [0.15, 0.2) is 30.7 Å². The van der Waals surface area contributed by atoms with Crippen LogP contribution >= 0.6 is 0 Å². The lowest BCUT2D eigenvalue weighted by Crippen LogP contribution is -2.03. The fourth-order valence-electron chi connectivity index (χ4n) is 2.00. The van der Waals surface area contributed by atoms with E-state index in [2.05, 4.69) is 30.0 Å². The molecule has 4 heteroatoms. The first kappa shape index (κ1) is 13.7. The molecule has 19 heavy (non-hydrogen) atoms. The Labute approximate surface area is 114 Å². The molecule has 0 radical (unpaired) electrons. The van der Waals surface area contributed by atoms with Crippen LogP contribution in [0.25, 0.3) is 0 Å². The molecule has 0 bridgehead atoms. The second-order valence-electron chi connectivity index (χ2n) is 4.77. The SMILES string of the molecule is CCCn1cc(C(O)Cc2ccc(CC)cn2)cn1. The van der Waals surface area contributed by atoms with E-state index in [1.165, 1.54) is 5.56 Å². The molecule has 102 valence electrons. The van der Waals surface area contributed by atoms with Gasteiger partial charge in [-0.25, -0.2) is 0 Å². The average Bonchev–Trinajstić information content (AvgIpc) is 2.89. The van der Waals surface area contributed by atoms with E-state index in [1.807, 2.05) is 23.1 Å². The average molecular weight is 259 g/mol. The highest BCUT2D eigenvalue weighted by Gasteiger charge is 2.11. The number of pyridine rings is 1. The monoisotopic (exact) mass is 259 g/mol. The maximum absolute atomic E-state index is 10.2. The number of rotatable bonds is 6. The van der Waals surface area contributed by atoms with E-state index >= 15 is 0 Å². The Bertz CT molecular complexity index is 504. The van der Waals surface area contributed by atoms with Crippen molar-refractivity contribution in [2.75, 3.05) is 0 Å². The van der Waals surface area contributed by atoms with Gasteiger partial charge in [0.15, 0.2) is 0 Å². The highest BCUT2D eigenvalue weighted by molar-refractivity contribution is 5.17. The molecule has 2 rings (SSSR count). The van der Waals surface area contributed by atoms with Gasteiger partial charge in [0.25, 0.3) is 0 Å². The summed E-state index contributed by atoms with van der Waals surface area (Å²) in [7, 11) is 0. The number of aryl methyl sites for hydroxylation is 2. The number of hydrogen-bond donors (Lipinski definition) is 1. The molecule has 0 fully saturated rings. The van der Waals surface area contributed by atoms with E-state index in [9.17, 15) is 5.11 Å². The number of hydrogen-bond acceptors (Lipinski definition) is 3. The molecule has 0 aliphatic rings. The summed E-state index contributed by atoms with van der Waals surface area (Å²) in [5.41, 5.74) is 2.98. The van der Waals surface area contributed by atoms with Gasteiger partial charge in [0.05, 0.1) is 12.3 Å². The molecule has 0 aliphatic carbocycles. The fourth-order valence-corrected chi connectivity index (χ4v) is 2.00. The molecule has 0 saturated heterocycles. The maximum Gasteiger partial charge on any atom is 0.0875 e. The minimum Gasteiger partial charge on any atom is -0.388 e. The molecule has 4 nitrogen and oxygen atoms in total. The Morgan fingerprint density at radius 1 is 1.26 bits per heavy atom. The molecule has 0 spiro atoms. The normalized spacial score (nSPS) is 12.6. The minimum absolute atomic E-state index is 0.530. The van der Waals surface area contributed by atoms with Gasteiger partial charge in [0, 0.05) is 36.6 Å². The Morgan fingerprint density at radius 2 is 2.11 bits per heavy atom. The Hall–Kier alpha value is -1.68. The second kappa shape index (κ2) is 6.48. The van der Waals surface area contributed by atoms with Gasteiger partial charge in [-0.15, -0.1) is 0 Å². The molecule has 0 saturated carbocycles. The van der Waals surface area contributed by atoms with E-state index in [0.29, 0.717) is 6.42 Å². The predicted octanol–water partition coefficient (Wildman–Crippen LogP) is 2.53. The molecular weight excluding hydrogens is 238 g/mol. The van der Waals surface area contributed by atoms with E-state index in [0.717, 1.165) is 30.6 Å². The zero-order chi connectivity index (χ0) is 13.7. The smallest absolute Gasteiger partial charge is 0.0875 e. The first-order valence-corrected chi connectivity index (χ1v) is 6.87. The highest BCUT2D eigenvalue weighted by atomic mass is 16.3. The summed E-state index contributed by atoms with van der Waals surface area (Å²) in [5, 5.41) is 14.4. The molecule has 2 heterocycles. The molecule has 1 atom stereocenters.